The minimum absolute atomic E-state index is 0.0141. The van der Waals surface area contributed by atoms with Gasteiger partial charge >= 0.3 is 11.9 Å². The highest BCUT2D eigenvalue weighted by Crippen LogP contribution is 2.33. The molecule has 216 valence electrons. The quantitative estimate of drug-likeness (QED) is 0.331. The Hall–Kier alpha value is -4.09. The van der Waals surface area contributed by atoms with Gasteiger partial charge in [0.25, 0.3) is 11.8 Å². The number of amides is 2. The molecule has 0 radical (unpaired) electrons. The first-order valence-electron chi connectivity index (χ1n) is 13.3. The van der Waals surface area contributed by atoms with Crippen LogP contribution in [0.25, 0.3) is 0 Å². The fourth-order valence-corrected chi connectivity index (χ4v) is 5.66. The zero-order chi connectivity index (χ0) is 29.4. The van der Waals surface area contributed by atoms with Crippen LogP contribution in [-0.4, -0.2) is 57.5 Å². The minimum atomic E-state index is -1.68. The van der Waals surface area contributed by atoms with E-state index in [0.717, 1.165) is 42.7 Å². The lowest BCUT2D eigenvalue weighted by Crippen LogP contribution is -2.53. The van der Waals surface area contributed by atoms with E-state index in [9.17, 15) is 24.3 Å². The van der Waals surface area contributed by atoms with E-state index in [0.29, 0.717) is 24.4 Å². The number of nitrogens with one attached hydrogen (secondary N) is 1. The summed E-state index contributed by atoms with van der Waals surface area (Å²) >= 11 is 1.34. The fourth-order valence-electron chi connectivity index (χ4n) is 4.92. The topological polar surface area (TPSA) is 135 Å². The number of carbonyl (C=O) groups excluding carboxylic acids is 4. The third kappa shape index (κ3) is 7.77. The van der Waals surface area contributed by atoms with Crippen molar-refractivity contribution >= 4 is 35.1 Å². The highest BCUT2D eigenvalue weighted by Gasteiger charge is 2.44. The van der Waals surface area contributed by atoms with Gasteiger partial charge in [0.15, 0.2) is 0 Å². The number of likely N-dealkylation sites (tertiary alicyclic amines) is 1. The molecule has 41 heavy (non-hydrogen) atoms. The van der Waals surface area contributed by atoms with E-state index in [1.165, 1.54) is 11.3 Å². The van der Waals surface area contributed by atoms with E-state index >= 15 is 0 Å². The van der Waals surface area contributed by atoms with Gasteiger partial charge in [-0.25, -0.2) is 4.98 Å². The van der Waals surface area contributed by atoms with Gasteiger partial charge in [-0.2, -0.15) is 0 Å². The summed E-state index contributed by atoms with van der Waals surface area (Å²) in [5, 5.41) is 14.7. The van der Waals surface area contributed by atoms with Gasteiger partial charge in [0.05, 0.1) is 24.9 Å². The molecular formula is C30H33N3O7S. The maximum atomic E-state index is 13.7. The van der Waals surface area contributed by atoms with Crippen LogP contribution >= 0.6 is 11.3 Å². The molecule has 0 aliphatic carbocycles. The molecule has 0 bridgehead atoms. The Morgan fingerprint density at radius 2 is 1.66 bits per heavy atom. The van der Waals surface area contributed by atoms with Crippen LogP contribution in [0.2, 0.25) is 0 Å². The monoisotopic (exact) mass is 579 g/mol. The van der Waals surface area contributed by atoms with Gasteiger partial charge in [-0.05, 0) is 29.5 Å². The first kappa shape index (κ1) is 29.9. The molecule has 1 aliphatic heterocycles. The van der Waals surface area contributed by atoms with Crippen LogP contribution in [-0.2, 0) is 48.2 Å². The molecule has 2 heterocycles. The molecular weight excluding hydrogens is 546 g/mol. The Bertz CT molecular complexity index is 1380. The van der Waals surface area contributed by atoms with Gasteiger partial charge < -0.3 is 24.8 Å². The van der Waals surface area contributed by atoms with Crippen molar-refractivity contribution in [2.75, 3.05) is 6.54 Å². The average molecular weight is 580 g/mol. The minimum Gasteiger partial charge on any atom is -0.448 e. The van der Waals surface area contributed by atoms with Crippen LogP contribution in [0.1, 0.15) is 60.1 Å². The number of ether oxygens (including phenoxy) is 2. The molecule has 3 atom stereocenters. The predicted molar refractivity (Wildman–Crippen MR) is 150 cm³/mol. The summed E-state index contributed by atoms with van der Waals surface area (Å²) < 4.78 is 10.6. The average Bonchev–Trinajstić information content (AvgIpc) is 3.64. The number of aromatic nitrogens is 1. The number of aliphatic hydroxyl groups excluding tert-OH is 1. The highest BCUT2D eigenvalue weighted by atomic mass is 32.1. The number of carbonyl (C=O) groups is 4. The molecule has 0 spiro atoms. The van der Waals surface area contributed by atoms with Crippen molar-refractivity contribution in [3.63, 3.8) is 0 Å². The Labute approximate surface area is 242 Å². The molecule has 4 rings (SSSR count). The Morgan fingerprint density at radius 1 is 1.00 bits per heavy atom. The smallest absolute Gasteiger partial charge is 0.303 e. The second-order valence-corrected chi connectivity index (χ2v) is 10.7. The van der Waals surface area contributed by atoms with Crippen molar-refractivity contribution in [1.29, 1.82) is 0 Å². The number of nitrogens with zero attached hydrogens (tertiary/aromatic N) is 2. The maximum absolute atomic E-state index is 13.7. The summed E-state index contributed by atoms with van der Waals surface area (Å²) in [6, 6.07) is 16.7. The van der Waals surface area contributed by atoms with Crippen molar-refractivity contribution in [2.45, 2.75) is 64.5 Å². The molecule has 0 saturated carbocycles. The molecule has 10 nitrogen and oxygen atoms in total. The number of esters is 2. The van der Waals surface area contributed by atoms with Crippen LogP contribution in [0.3, 0.4) is 0 Å². The molecule has 1 saturated heterocycles. The van der Waals surface area contributed by atoms with Gasteiger partial charge in [0.1, 0.15) is 5.01 Å². The van der Waals surface area contributed by atoms with Crippen LogP contribution < -0.4 is 5.32 Å². The van der Waals surface area contributed by atoms with E-state index < -0.39 is 36.0 Å². The Kier molecular flexibility index (Phi) is 10.2. The lowest BCUT2D eigenvalue weighted by molar-refractivity contribution is -0.178. The lowest BCUT2D eigenvalue weighted by Gasteiger charge is -2.31. The van der Waals surface area contributed by atoms with Crippen LogP contribution in [0.4, 0.5) is 0 Å². The van der Waals surface area contributed by atoms with Crippen molar-refractivity contribution in [1.82, 2.24) is 15.2 Å². The van der Waals surface area contributed by atoms with E-state index in [2.05, 4.69) is 10.3 Å². The van der Waals surface area contributed by atoms with Gasteiger partial charge in [-0.15, -0.1) is 11.3 Å². The van der Waals surface area contributed by atoms with Crippen LogP contribution in [0.5, 0.6) is 0 Å². The second kappa shape index (κ2) is 14.0. The molecule has 1 unspecified atom stereocenters. The summed E-state index contributed by atoms with van der Waals surface area (Å²) in [7, 11) is 0. The molecule has 2 amide bonds. The first-order chi connectivity index (χ1) is 19.8. The van der Waals surface area contributed by atoms with Gasteiger partial charge in [0, 0.05) is 32.2 Å². The van der Waals surface area contributed by atoms with Gasteiger partial charge in [0.2, 0.25) is 12.2 Å². The number of thiazole rings is 1. The van der Waals surface area contributed by atoms with Crippen LogP contribution in [0, 0.1) is 0 Å². The molecule has 1 fully saturated rings. The van der Waals surface area contributed by atoms with Crippen LogP contribution in [0.15, 0.2) is 60.0 Å². The van der Waals surface area contributed by atoms with E-state index in [-0.39, 0.29) is 19.2 Å². The molecule has 1 aromatic heterocycles. The van der Waals surface area contributed by atoms with E-state index in [4.69, 9.17) is 9.47 Å². The number of aliphatic hydroxyl groups is 1. The molecule has 3 aromatic rings. The summed E-state index contributed by atoms with van der Waals surface area (Å²) in [4.78, 5) is 57.2. The number of hydrogen-bond donors (Lipinski definition) is 2. The maximum Gasteiger partial charge on any atom is 0.303 e. The van der Waals surface area contributed by atoms with Crippen molar-refractivity contribution < 1.29 is 33.8 Å². The SMILES string of the molecule is CC(=O)O[C@@H](C(=O)NCc1nc(Cc2ccccc2CO)cs1)[C@@H](OC(C)=O)C(=O)N1CCCC1c1ccccc1. The lowest BCUT2D eigenvalue weighted by atomic mass is 10.0. The standard InChI is InChI=1S/C30H33N3O7S/c1-19(35)39-27(28(40-20(2)36)30(38)33-14-8-13-25(33)21-9-4-3-5-10-21)29(37)31-16-26-32-24(18-41-26)15-22-11-6-7-12-23(22)17-34/h3-7,9-12,18,25,27-28,34H,8,13-17H2,1-2H3,(H,31,37)/t25?,27-,28-/m1/s1. The molecule has 2 aromatic carbocycles. The summed E-state index contributed by atoms with van der Waals surface area (Å²) in [5.74, 6) is -2.96. The van der Waals surface area contributed by atoms with Gasteiger partial charge in [-0.1, -0.05) is 54.6 Å². The zero-order valence-corrected chi connectivity index (χ0v) is 23.8. The van der Waals surface area contributed by atoms with Crippen molar-refractivity contribution in [2.24, 2.45) is 0 Å². The second-order valence-electron chi connectivity index (χ2n) is 9.71. The van der Waals surface area contributed by atoms with Crippen molar-refractivity contribution in [3.05, 3.63) is 87.4 Å². The van der Waals surface area contributed by atoms with E-state index in [1.807, 2.05) is 60.0 Å². The summed E-state index contributed by atoms with van der Waals surface area (Å²) in [6.07, 6.45) is -1.38. The third-order valence-corrected chi connectivity index (χ3v) is 7.65. The predicted octanol–water partition coefficient (Wildman–Crippen LogP) is 3.07. The highest BCUT2D eigenvalue weighted by molar-refractivity contribution is 7.09. The third-order valence-electron chi connectivity index (χ3n) is 6.76. The van der Waals surface area contributed by atoms with E-state index in [1.54, 1.807) is 4.90 Å². The summed E-state index contributed by atoms with van der Waals surface area (Å²) in [5.41, 5.74) is 3.46. The Balaban J connectivity index is 1.49. The molecule has 2 N–H and O–H groups in total. The number of hydrogen-bond acceptors (Lipinski definition) is 9. The Morgan fingerprint density at radius 3 is 2.34 bits per heavy atom. The summed E-state index contributed by atoms with van der Waals surface area (Å²) in [6.45, 7) is 2.60. The molecule has 1 aliphatic rings. The largest absolute Gasteiger partial charge is 0.448 e. The zero-order valence-electron chi connectivity index (χ0n) is 22.9. The van der Waals surface area contributed by atoms with Crippen molar-refractivity contribution in [3.8, 4) is 0 Å². The fraction of sp³-hybridized carbons (Fsp3) is 0.367. The normalized spacial score (nSPS) is 16.1. The van der Waals surface area contributed by atoms with Gasteiger partial charge in [-0.3, -0.25) is 19.2 Å². The molecule has 11 heteroatoms. The number of rotatable bonds is 11. The first-order valence-corrected chi connectivity index (χ1v) is 14.2. The number of benzene rings is 2.